The molecule has 0 aliphatic carbocycles. The number of aromatic nitrogens is 1. The van der Waals surface area contributed by atoms with Gasteiger partial charge in [0.2, 0.25) is 0 Å². The zero-order valence-corrected chi connectivity index (χ0v) is 16.3. The summed E-state index contributed by atoms with van der Waals surface area (Å²) in [6.07, 6.45) is 2.72. The van der Waals surface area contributed by atoms with E-state index in [9.17, 15) is 9.90 Å². The van der Waals surface area contributed by atoms with Gasteiger partial charge < -0.3 is 23.9 Å². The molecule has 0 radical (unpaired) electrons. The Kier molecular flexibility index (Phi) is 6.09. The fourth-order valence-corrected chi connectivity index (χ4v) is 3.05. The molecule has 0 unspecified atom stereocenters. The third-order valence-corrected chi connectivity index (χ3v) is 4.71. The van der Waals surface area contributed by atoms with Gasteiger partial charge in [0.05, 0.1) is 7.11 Å². The molecule has 0 saturated heterocycles. The normalized spacial score (nSPS) is 12.0. The Bertz CT molecular complexity index is 963. The van der Waals surface area contributed by atoms with Crippen LogP contribution in [0.25, 0.3) is 10.9 Å². The lowest BCUT2D eigenvalue weighted by Gasteiger charge is -2.13. The first kappa shape index (κ1) is 19.6. The van der Waals surface area contributed by atoms with E-state index in [-0.39, 0.29) is 0 Å². The number of aliphatic carboxylic acids is 1. The molecule has 0 amide bonds. The van der Waals surface area contributed by atoms with Crippen LogP contribution in [-0.4, -0.2) is 36.0 Å². The predicted octanol–water partition coefficient (Wildman–Crippen LogP) is 4.32. The third-order valence-electron chi connectivity index (χ3n) is 4.71. The van der Waals surface area contributed by atoms with Gasteiger partial charge in [0.25, 0.3) is 0 Å². The number of rotatable bonds is 9. The van der Waals surface area contributed by atoms with Crippen molar-refractivity contribution in [3.63, 3.8) is 0 Å². The van der Waals surface area contributed by atoms with Crippen LogP contribution in [0.2, 0.25) is 0 Å². The van der Waals surface area contributed by atoms with Crippen molar-refractivity contribution in [2.24, 2.45) is 0 Å². The van der Waals surface area contributed by atoms with Crippen molar-refractivity contribution in [3.05, 3.63) is 54.2 Å². The number of carboxylic acids is 1. The third kappa shape index (κ3) is 4.22. The van der Waals surface area contributed by atoms with Gasteiger partial charge in [0, 0.05) is 17.1 Å². The minimum absolute atomic E-state index is 0.385. The SMILES string of the molecule is CCc1ccc(OCCOc2ccc3c(ccn3[C@@H](C)C(=O)O)c2)c(OC)c1. The molecule has 0 bridgehead atoms. The molecule has 6 heteroatoms. The minimum atomic E-state index is -0.864. The number of hydrogen-bond acceptors (Lipinski definition) is 4. The quantitative estimate of drug-likeness (QED) is 0.558. The number of methoxy groups -OCH3 is 1. The van der Waals surface area contributed by atoms with E-state index in [1.54, 1.807) is 24.8 Å². The molecule has 0 saturated carbocycles. The first-order valence-corrected chi connectivity index (χ1v) is 9.29. The standard InChI is InChI=1S/C22H25NO5/c1-4-16-5-8-20(21(13-16)26-3)28-12-11-27-18-6-7-19-17(14-18)9-10-23(19)15(2)22(24)25/h5-10,13-15H,4,11-12H2,1-3H3,(H,24,25)/t15-/m0/s1. The summed E-state index contributed by atoms with van der Waals surface area (Å²) >= 11 is 0. The second-order valence-corrected chi connectivity index (χ2v) is 6.49. The summed E-state index contributed by atoms with van der Waals surface area (Å²) in [5.74, 6) is 1.26. The molecule has 0 aliphatic rings. The molecule has 0 aliphatic heterocycles. The molecule has 3 aromatic rings. The van der Waals surface area contributed by atoms with Gasteiger partial charge in [0.1, 0.15) is 25.0 Å². The molecule has 148 valence electrons. The second-order valence-electron chi connectivity index (χ2n) is 6.49. The second kappa shape index (κ2) is 8.69. The van der Waals surface area contributed by atoms with E-state index in [1.165, 1.54) is 5.56 Å². The van der Waals surface area contributed by atoms with Crippen LogP contribution in [0, 0.1) is 0 Å². The average Bonchev–Trinajstić information content (AvgIpc) is 3.13. The maximum Gasteiger partial charge on any atom is 0.326 e. The molecule has 0 spiro atoms. The summed E-state index contributed by atoms with van der Waals surface area (Å²) in [5.41, 5.74) is 2.05. The largest absolute Gasteiger partial charge is 0.493 e. The minimum Gasteiger partial charge on any atom is -0.493 e. The lowest BCUT2D eigenvalue weighted by molar-refractivity contribution is -0.140. The molecular weight excluding hydrogens is 358 g/mol. The highest BCUT2D eigenvalue weighted by Crippen LogP contribution is 2.28. The van der Waals surface area contributed by atoms with Gasteiger partial charge in [0.15, 0.2) is 11.5 Å². The summed E-state index contributed by atoms with van der Waals surface area (Å²) in [4.78, 5) is 11.2. The summed E-state index contributed by atoms with van der Waals surface area (Å²) < 4.78 is 18.7. The number of carbonyl (C=O) groups is 1. The highest BCUT2D eigenvalue weighted by atomic mass is 16.5. The molecule has 2 aromatic carbocycles. The molecule has 28 heavy (non-hydrogen) atoms. The van der Waals surface area contributed by atoms with Crippen molar-refractivity contribution < 1.29 is 24.1 Å². The van der Waals surface area contributed by atoms with Gasteiger partial charge >= 0.3 is 5.97 Å². The first-order chi connectivity index (χ1) is 13.5. The Morgan fingerprint density at radius 2 is 1.86 bits per heavy atom. The highest BCUT2D eigenvalue weighted by Gasteiger charge is 2.15. The van der Waals surface area contributed by atoms with Crippen LogP contribution in [0.4, 0.5) is 0 Å². The Hall–Kier alpha value is -3.15. The maximum atomic E-state index is 11.2. The van der Waals surface area contributed by atoms with Crippen LogP contribution in [0.1, 0.15) is 25.5 Å². The number of aryl methyl sites for hydroxylation is 1. The summed E-state index contributed by atoms with van der Waals surface area (Å²) in [5, 5.41) is 10.1. The van der Waals surface area contributed by atoms with Crippen LogP contribution in [0.5, 0.6) is 17.2 Å². The van der Waals surface area contributed by atoms with Crippen molar-refractivity contribution in [2.45, 2.75) is 26.3 Å². The highest BCUT2D eigenvalue weighted by molar-refractivity contribution is 5.84. The molecular formula is C22H25NO5. The van der Waals surface area contributed by atoms with Crippen molar-refractivity contribution in [3.8, 4) is 17.2 Å². The van der Waals surface area contributed by atoms with Gasteiger partial charge in [-0.05, 0) is 55.3 Å². The van der Waals surface area contributed by atoms with Crippen molar-refractivity contribution in [1.29, 1.82) is 0 Å². The molecule has 1 heterocycles. The number of ether oxygens (including phenoxy) is 3. The summed E-state index contributed by atoms with van der Waals surface area (Å²) in [7, 11) is 1.63. The molecule has 1 atom stereocenters. The zero-order valence-electron chi connectivity index (χ0n) is 16.3. The summed E-state index contributed by atoms with van der Waals surface area (Å²) in [6.45, 7) is 4.52. The fourth-order valence-electron chi connectivity index (χ4n) is 3.05. The molecule has 6 nitrogen and oxygen atoms in total. The van der Waals surface area contributed by atoms with E-state index in [2.05, 4.69) is 6.92 Å². The number of benzene rings is 2. The number of hydrogen-bond donors (Lipinski definition) is 1. The molecule has 0 fully saturated rings. The predicted molar refractivity (Wildman–Crippen MR) is 108 cm³/mol. The zero-order chi connectivity index (χ0) is 20.1. The first-order valence-electron chi connectivity index (χ1n) is 9.29. The number of carboxylic acid groups (broad SMARTS) is 1. The van der Waals surface area contributed by atoms with Gasteiger partial charge in [-0.15, -0.1) is 0 Å². The van der Waals surface area contributed by atoms with Crippen LogP contribution in [-0.2, 0) is 11.2 Å². The molecule has 1 aromatic heterocycles. The van der Waals surface area contributed by atoms with E-state index in [0.29, 0.717) is 24.7 Å². The Morgan fingerprint density at radius 1 is 1.07 bits per heavy atom. The van der Waals surface area contributed by atoms with E-state index < -0.39 is 12.0 Å². The van der Waals surface area contributed by atoms with Crippen molar-refractivity contribution in [2.75, 3.05) is 20.3 Å². The van der Waals surface area contributed by atoms with E-state index in [0.717, 1.165) is 23.1 Å². The van der Waals surface area contributed by atoms with Crippen LogP contribution >= 0.6 is 0 Å². The van der Waals surface area contributed by atoms with Gasteiger partial charge in [-0.2, -0.15) is 0 Å². The van der Waals surface area contributed by atoms with E-state index in [1.807, 2.05) is 42.5 Å². The number of fused-ring (bicyclic) bond motifs is 1. The Labute approximate surface area is 164 Å². The van der Waals surface area contributed by atoms with E-state index >= 15 is 0 Å². The smallest absolute Gasteiger partial charge is 0.326 e. The van der Waals surface area contributed by atoms with Crippen molar-refractivity contribution in [1.82, 2.24) is 4.57 Å². The lowest BCUT2D eigenvalue weighted by atomic mass is 10.1. The van der Waals surface area contributed by atoms with Gasteiger partial charge in [-0.3, -0.25) is 0 Å². The average molecular weight is 383 g/mol. The van der Waals surface area contributed by atoms with Crippen LogP contribution < -0.4 is 14.2 Å². The molecule has 1 N–H and O–H groups in total. The lowest BCUT2D eigenvalue weighted by Crippen LogP contribution is -2.14. The maximum absolute atomic E-state index is 11.2. The topological polar surface area (TPSA) is 69.9 Å². The summed E-state index contributed by atoms with van der Waals surface area (Å²) in [6, 6.07) is 12.8. The van der Waals surface area contributed by atoms with Crippen molar-refractivity contribution >= 4 is 16.9 Å². The Balaban J connectivity index is 1.59. The van der Waals surface area contributed by atoms with Gasteiger partial charge in [-0.25, -0.2) is 4.79 Å². The van der Waals surface area contributed by atoms with E-state index in [4.69, 9.17) is 14.2 Å². The number of nitrogens with zero attached hydrogens (tertiary/aromatic N) is 1. The van der Waals surface area contributed by atoms with Crippen LogP contribution in [0.3, 0.4) is 0 Å². The van der Waals surface area contributed by atoms with Crippen LogP contribution in [0.15, 0.2) is 48.7 Å². The monoisotopic (exact) mass is 383 g/mol. The molecule has 3 rings (SSSR count). The van der Waals surface area contributed by atoms with Gasteiger partial charge in [-0.1, -0.05) is 13.0 Å². The Morgan fingerprint density at radius 3 is 2.57 bits per heavy atom. The fraction of sp³-hybridized carbons (Fsp3) is 0.318.